The Morgan fingerprint density at radius 3 is 2.52 bits per heavy atom. The topological polar surface area (TPSA) is 33.1 Å². The Balaban J connectivity index is 1.81. The lowest BCUT2D eigenvalue weighted by atomic mass is 9.98. The van der Waals surface area contributed by atoms with Gasteiger partial charge < -0.3 is 14.8 Å². The third-order valence-electron chi connectivity index (χ3n) is 4.88. The first-order valence-electron chi connectivity index (χ1n) is 8.98. The summed E-state index contributed by atoms with van der Waals surface area (Å²) in [4.78, 5) is 6.59. The van der Waals surface area contributed by atoms with Gasteiger partial charge in [0.25, 0.3) is 0 Å². The number of rotatable bonds is 4. The predicted molar refractivity (Wildman–Crippen MR) is 109 cm³/mol. The van der Waals surface area contributed by atoms with Crippen LogP contribution in [0.4, 0.5) is 10.1 Å². The molecule has 0 aliphatic carbocycles. The summed E-state index contributed by atoms with van der Waals surface area (Å²) in [5, 5.41) is 4.02. The van der Waals surface area contributed by atoms with Gasteiger partial charge in [-0.05, 0) is 74.1 Å². The molecule has 3 aromatic rings. The minimum absolute atomic E-state index is 0.0714. The van der Waals surface area contributed by atoms with Crippen LogP contribution in [0.15, 0.2) is 67.1 Å². The van der Waals surface area contributed by atoms with E-state index in [1.807, 2.05) is 23.1 Å². The monoisotopic (exact) mass is 380 g/mol. The van der Waals surface area contributed by atoms with Crippen molar-refractivity contribution in [1.82, 2.24) is 14.9 Å². The first-order valence-corrected chi connectivity index (χ1v) is 9.39. The molecule has 0 bridgehead atoms. The summed E-state index contributed by atoms with van der Waals surface area (Å²) in [6.07, 6.45) is 6.02. The van der Waals surface area contributed by atoms with Gasteiger partial charge in [0.15, 0.2) is 5.11 Å². The molecule has 1 aliphatic heterocycles. The second-order valence-electron chi connectivity index (χ2n) is 6.96. The number of nitrogens with zero attached hydrogens (tertiary/aromatic N) is 3. The van der Waals surface area contributed by atoms with Gasteiger partial charge >= 0.3 is 0 Å². The fourth-order valence-electron chi connectivity index (χ4n) is 3.50. The Bertz CT molecular complexity index is 936. The second kappa shape index (κ2) is 7.12. The Morgan fingerprint density at radius 1 is 1.11 bits per heavy atom. The van der Waals surface area contributed by atoms with Crippen LogP contribution < -0.4 is 10.2 Å². The zero-order valence-corrected chi connectivity index (χ0v) is 16.0. The highest BCUT2D eigenvalue weighted by molar-refractivity contribution is 7.80. The van der Waals surface area contributed by atoms with Gasteiger partial charge in [-0.2, -0.15) is 0 Å². The minimum atomic E-state index is -0.263. The van der Waals surface area contributed by atoms with Gasteiger partial charge in [-0.25, -0.2) is 4.39 Å². The molecule has 1 aromatic carbocycles. The summed E-state index contributed by atoms with van der Waals surface area (Å²) in [5.41, 5.74) is 2.91. The number of hydrogen-bond acceptors (Lipinski definition) is 2. The molecule has 4 rings (SSSR count). The van der Waals surface area contributed by atoms with Gasteiger partial charge in [0, 0.05) is 30.3 Å². The number of halogens is 1. The van der Waals surface area contributed by atoms with Gasteiger partial charge in [0.05, 0.1) is 17.8 Å². The van der Waals surface area contributed by atoms with E-state index in [1.165, 1.54) is 12.1 Å². The molecule has 6 heteroatoms. The van der Waals surface area contributed by atoms with Crippen LogP contribution in [0, 0.1) is 5.82 Å². The molecule has 1 aliphatic rings. The Kier molecular flexibility index (Phi) is 4.66. The number of benzene rings is 1. The zero-order valence-electron chi connectivity index (χ0n) is 15.2. The lowest BCUT2D eigenvalue weighted by molar-refractivity contribution is 0.559. The third-order valence-corrected chi connectivity index (χ3v) is 5.19. The number of thiocarbonyl (C=S) groups is 1. The van der Waals surface area contributed by atoms with Crippen molar-refractivity contribution in [2.24, 2.45) is 0 Å². The van der Waals surface area contributed by atoms with Crippen LogP contribution in [0.25, 0.3) is 0 Å². The van der Waals surface area contributed by atoms with E-state index in [2.05, 4.69) is 47.2 Å². The maximum absolute atomic E-state index is 13.4. The molecule has 0 saturated carbocycles. The molecule has 4 nitrogen and oxygen atoms in total. The van der Waals surface area contributed by atoms with Gasteiger partial charge in [-0.1, -0.05) is 6.07 Å². The van der Waals surface area contributed by atoms with Crippen molar-refractivity contribution < 1.29 is 4.39 Å². The SMILES string of the molecule is CC(C)n1ccc([C@H]2[C@@H](c3ccccn3)NC(=S)N2c2ccc(F)cc2)c1. The number of anilines is 1. The predicted octanol–water partition coefficient (Wildman–Crippen LogP) is 4.78. The molecule has 2 atom stereocenters. The summed E-state index contributed by atoms with van der Waals surface area (Å²) < 4.78 is 15.6. The average molecular weight is 380 g/mol. The normalized spacial score (nSPS) is 19.6. The van der Waals surface area contributed by atoms with Crippen LogP contribution in [-0.2, 0) is 0 Å². The van der Waals surface area contributed by atoms with E-state index in [0.29, 0.717) is 11.2 Å². The summed E-state index contributed by atoms with van der Waals surface area (Å²) >= 11 is 5.65. The number of hydrogen-bond donors (Lipinski definition) is 1. The van der Waals surface area contributed by atoms with E-state index < -0.39 is 0 Å². The zero-order chi connectivity index (χ0) is 19.0. The van der Waals surface area contributed by atoms with E-state index in [0.717, 1.165) is 16.9 Å². The van der Waals surface area contributed by atoms with Crippen molar-refractivity contribution in [3.05, 3.63) is 84.2 Å². The standard InChI is InChI=1S/C21H21FN4S/c1-14(2)25-12-10-15(13-25)20-19(18-5-3-4-11-23-18)24-21(27)26(20)17-8-6-16(22)7-9-17/h3-14,19-20H,1-2H3,(H,24,27)/t19-,20+/m1/s1. The van der Waals surface area contributed by atoms with Gasteiger partial charge in [0.1, 0.15) is 5.82 Å². The van der Waals surface area contributed by atoms with Crippen LogP contribution in [0.3, 0.4) is 0 Å². The van der Waals surface area contributed by atoms with E-state index in [-0.39, 0.29) is 17.9 Å². The molecule has 0 unspecified atom stereocenters. The minimum Gasteiger partial charge on any atom is -0.351 e. The Labute approximate surface area is 163 Å². The summed E-state index contributed by atoms with van der Waals surface area (Å²) in [6, 6.07) is 14.6. The molecule has 1 fully saturated rings. The van der Waals surface area contributed by atoms with Gasteiger partial charge in [-0.15, -0.1) is 0 Å². The molecular formula is C21H21FN4S. The van der Waals surface area contributed by atoms with E-state index in [4.69, 9.17) is 12.2 Å². The van der Waals surface area contributed by atoms with Crippen molar-refractivity contribution in [1.29, 1.82) is 0 Å². The van der Waals surface area contributed by atoms with E-state index in [1.54, 1.807) is 18.3 Å². The highest BCUT2D eigenvalue weighted by Gasteiger charge is 2.41. The largest absolute Gasteiger partial charge is 0.351 e. The van der Waals surface area contributed by atoms with E-state index in [9.17, 15) is 4.39 Å². The van der Waals surface area contributed by atoms with Gasteiger partial charge in [0.2, 0.25) is 0 Å². The molecule has 0 spiro atoms. The van der Waals surface area contributed by atoms with Crippen LogP contribution in [-0.4, -0.2) is 14.7 Å². The fraction of sp³-hybridized carbons (Fsp3) is 0.238. The van der Waals surface area contributed by atoms with Crippen LogP contribution in [0.5, 0.6) is 0 Å². The third kappa shape index (κ3) is 3.32. The molecule has 0 radical (unpaired) electrons. The maximum atomic E-state index is 13.4. The maximum Gasteiger partial charge on any atom is 0.174 e. The molecule has 0 amide bonds. The lowest BCUT2D eigenvalue weighted by Crippen LogP contribution is -2.29. The van der Waals surface area contributed by atoms with E-state index >= 15 is 0 Å². The molecule has 1 N–H and O–H groups in total. The Morgan fingerprint density at radius 2 is 1.89 bits per heavy atom. The highest BCUT2D eigenvalue weighted by Crippen LogP contribution is 2.41. The molecule has 3 heterocycles. The van der Waals surface area contributed by atoms with Crippen molar-refractivity contribution in [3.63, 3.8) is 0 Å². The van der Waals surface area contributed by atoms with Crippen molar-refractivity contribution in [3.8, 4) is 0 Å². The van der Waals surface area contributed by atoms with Crippen molar-refractivity contribution in [2.45, 2.75) is 32.0 Å². The lowest BCUT2D eigenvalue weighted by Gasteiger charge is -2.27. The quantitative estimate of drug-likeness (QED) is 0.661. The molecule has 2 aromatic heterocycles. The highest BCUT2D eigenvalue weighted by atomic mass is 32.1. The number of aromatic nitrogens is 2. The number of nitrogens with one attached hydrogen (secondary N) is 1. The average Bonchev–Trinajstić information content (AvgIpc) is 3.28. The second-order valence-corrected chi connectivity index (χ2v) is 7.35. The van der Waals surface area contributed by atoms with Crippen LogP contribution in [0.1, 0.15) is 43.2 Å². The Hall–Kier alpha value is -2.73. The smallest absolute Gasteiger partial charge is 0.174 e. The van der Waals surface area contributed by atoms with Gasteiger partial charge in [-0.3, -0.25) is 4.98 Å². The summed E-state index contributed by atoms with van der Waals surface area (Å²) in [6.45, 7) is 4.30. The first-order chi connectivity index (χ1) is 13.0. The van der Waals surface area contributed by atoms with Crippen LogP contribution in [0.2, 0.25) is 0 Å². The van der Waals surface area contributed by atoms with Crippen molar-refractivity contribution in [2.75, 3.05) is 4.90 Å². The molecular weight excluding hydrogens is 359 g/mol. The molecule has 27 heavy (non-hydrogen) atoms. The first kappa shape index (κ1) is 17.7. The molecule has 138 valence electrons. The summed E-state index contributed by atoms with van der Waals surface area (Å²) in [5.74, 6) is -0.263. The number of pyridine rings is 1. The van der Waals surface area contributed by atoms with Crippen LogP contribution >= 0.6 is 12.2 Å². The molecule has 1 saturated heterocycles. The summed E-state index contributed by atoms with van der Waals surface area (Å²) in [7, 11) is 0. The van der Waals surface area contributed by atoms with Crippen molar-refractivity contribution >= 4 is 23.0 Å². The fourth-order valence-corrected chi connectivity index (χ4v) is 3.85.